The monoisotopic (exact) mass is 237 g/mol. The van der Waals surface area contributed by atoms with Gasteiger partial charge in [-0.1, -0.05) is 24.3 Å². The predicted octanol–water partition coefficient (Wildman–Crippen LogP) is 0.780. The summed E-state index contributed by atoms with van der Waals surface area (Å²) in [7, 11) is 0. The fraction of sp³-hybridized carbons (Fsp3) is 0. The molecule has 0 saturated carbocycles. The van der Waals surface area contributed by atoms with Crippen molar-refractivity contribution in [2.24, 2.45) is 0 Å². The normalized spacial score (nSPS) is 13.2. The molecular weight excluding hydrogens is 229 g/mol. The van der Waals surface area contributed by atoms with Crippen LogP contribution in [0, 0.1) is 0 Å². The fourth-order valence-electron chi connectivity index (χ4n) is 2.03. The first-order valence-corrected chi connectivity index (χ1v) is 4.79. The molecule has 17 heavy (non-hydrogen) atoms. The van der Waals surface area contributed by atoms with E-state index < -0.39 is 11.8 Å². The topological polar surface area (TPSA) is 66.4 Å². The Hall–Kier alpha value is -1.36. The van der Waals surface area contributed by atoms with Crippen molar-refractivity contribution in [2.45, 2.75) is 0 Å². The van der Waals surface area contributed by atoms with Crippen LogP contribution in [-0.2, 0) is 0 Å². The van der Waals surface area contributed by atoms with Crippen molar-refractivity contribution in [2.75, 3.05) is 0 Å². The van der Waals surface area contributed by atoms with Gasteiger partial charge in [-0.15, -0.1) is 0 Å². The second kappa shape index (κ2) is 4.14. The van der Waals surface area contributed by atoms with E-state index in [9.17, 15) is 14.7 Å². The molecule has 0 unspecified atom stereocenters. The van der Waals surface area contributed by atoms with Gasteiger partial charge in [0.2, 0.25) is 0 Å². The molecule has 2 amide bonds. The standard InChI is InChI=1S/C12H7NO3.Na.H/c14-8-5-6-3-1-2-4-7(6)9-10(8)12(16)13-11(9)15;;/h1-5,14H,(H,13,15,16);;. The number of hydrogen-bond acceptors (Lipinski definition) is 3. The van der Waals surface area contributed by atoms with Gasteiger partial charge in [-0.2, -0.15) is 0 Å². The fourth-order valence-corrected chi connectivity index (χ4v) is 2.03. The number of imide groups is 1. The summed E-state index contributed by atoms with van der Waals surface area (Å²) in [5, 5.41) is 13.3. The first-order chi connectivity index (χ1) is 7.68. The summed E-state index contributed by atoms with van der Waals surface area (Å²) in [5.41, 5.74) is 0.337. The van der Waals surface area contributed by atoms with Crippen molar-refractivity contribution in [3.63, 3.8) is 0 Å². The van der Waals surface area contributed by atoms with Gasteiger partial charge in [-0.05, 0) is 16.8 Å². The molecule has 0 fully saturated rings. The summed E-state index contributed by atoms with van der Waals surface area (Å²) in [4.78, 5) is 23.0. The molecule has 1 aliphatic rings. The van der Waals surface area contributed by atoms with Crippen LogP contribution < -0.4 is 5.32 Å². The van der Waals surface area contributed by atoms with Crippen LogP contribution in [-0.4, -0.2) is 46.5 Å². The van der Waals surface area contributed by atoms with Gasteiger partial charge < -0.3 is 5.11 Å². The number of carbonyl (C=O) groups is 2. The summed E-state index contributed by atoms with van der Waals surface area (Å²) in [6, 6.07) is 8.63. The molecular formula is C12H8NNaO3. The minimum absolute atomic E-state index is 0. The molecule has 0 saturated heterocycles. The molecule has 0 bridgehead atoms. The van der Waals surface area contributed by atoms with Gasteiger partial charge in [-0.25, -0.2) is 0 Å². The van der Waals surface area contributed by atoms with Crippen LogP contribution in [0.5, 0.6) is 5.75 Å². The Morgan fingerprint density at radius 1 is 1.00 bits per heavy atom. The molecule has 2 aromatic rings. The third-order valence-electron chi connectivity index (χ3n) is 2.71. The summed E-state index contributed by atoms with van der Waals surface area (Å²) in [5.74, 6) is -1.15. The Labute approximate surface area is 119 Å². The molecule has 1 aliphatic heterocycles. The number of aromatic hydroxyl groups is 1. The van der Waals surface area contributed by atoms with Crippen LogP contribution in [0.4, 0.5) is 0 Å². The molecule has 80 valence electrons. The molecule has 4 nitrogen and oxygen atoms in total. The predicted molar refractivity (Wildman–Crippen MR) is 64.6 cm³/mol. The average Bonchev–Trinajstić information content (AvgIpc) is 2.55. The number of carbonyl (C=O) groups excluding carboxylic acids is 2. The quantitative estimate of drug-likeness (QED) is 0.525. The number of fused-ring (bicyclic) bond motifs is 3. The Balaban J connectivity index is 0.00000108. The van der Waals surface area contributed by atoms with Crippen LogP contribution in [0.25, 0.3) is 10.8 Å². The second-order valence-corrected chi connectivity index (χ2v) is 3.65. The number of phenols is 1. The van der Waals surface area contributed by atoms with Gasteiger partial charge in [-0.3, -0.25) is 14.9 Å². The van der Waals surface area contributed by atoms with E-state index in [0.29, 0.717) is 5.39 Å². The van der Waals surface area contributed by atoms with Crippen molar-refractivity contribution in [1.29, 1.82) is 0 Å². The third-order valence-corrected chi connectivity index (χ3v) is 2.71. The van der Waals surface area contributed by atoms with E-state index in [1.807, 2.05) is 6.07 Å². The van der Waals surface area contributed by atoms with Gasteiger partial charge in [0.15, 0.2) is 0 Å². The van der Waals surface area contributed by atoms with E-state index in [-0.39, 0.29) is 46.4 Å². The van der Waals surface area contributed by atoms with E-state index in [0.717, 1.165) is 5.39 Å². The number of hydrogen-bond donors (Lipinski definition) is 2. The Morgan fingerprint density at radius 2 is 1.65 bits per heavy atom. The van der Waals surface area contributed by atoms with Crippen molar-refractivity contribution in [1.82, 2.24) is 5.32 Å². The van der Waals surface area contributed by atoms with E-state index in [4.69, 9.17) is 0 Å². The summed E-state index contributed by atoms with van der Waals surface area (Å²) in [6.45, 7) is 0. The second-order valence-electron chi connectivity index (χ2n) is 3.65. The Kier molecular flexibility index (Phi) is 2.95. The van der Waals surface area contributed by atoms with Crippen molar-refractivity contribution >= 4 is 52.1 Å². The minimum atomic E-state index is -0.539. The zero-order valence-corrected chi connectivity index (χ0v) is 8.15. The molecule has 2 aromatic carbocycles. The maximum absolute atomic E-state index is 11.6. The average molecular weight is 237 g/mol. The van der Waals surface area contributed by atoms with E-state index in [1.54, 1.807) is 18.2 Å². The molecule has 0 radical (unpaired) electrons. The van der Waals surface area contributed by atoms with E-state index in [2.05, 4.69) is 5.32 Å². The number of phenolic OH excluding ortho intramolecular Hbond substituents is 1. The number of rotatable bonds is 0. The van der Waals surface area contributed by atoms with Crippen LogP contribution in [0.3, 0.4) is 0 Å². The summed E-state index contributed by atoms with van der Waals surface area (Å²) >= 11 is 0. The van der Waals surface area contributed by atoms with Crippen molar-refractivity contribution in [3.05, 3.63) is 41.5 Å². The first-order valence-electron chi connectivity index (χ1n) is 4.79. The van der Waals surface area contributed by atoms with Gasteiger partial charge >= 0.3 is 29.6 Å². The SMILES string of the molecule is O=C1NC(=O)c2c1c(O)cc1ccccc21.[NaH]. The molecule has 0 spiro atoms. The first kappa shape index (κ1) is 12.1. The molecule has 5 heteroatoms. The van der Waals surface area contributed by atoms with Gasteiger partial charge in [0.1, 0.15) is 5.75 Å². The third kappa shape index (κ3) is 1.65. The van der Waals surface area contributed by atoms with Crippen molar-refractivity contribution in [3.8, 4) is 5.75 Å². The summed E-state index contributed by atoms with van der Waals surface area (Å²) < 4.78 is 0. The Morgan fingerprint density at radius 3 is 2.41 bits per heavy atom. The number of nitrogens with one attached hydrogen (secondary N) is 1. The number of benzene rings is 2. The summed E-state index contributed by atoms with van der Waals surface area (Å²) in [6.07, 6.45) is 0. The van der Waals surface area contributed by atoms with E-state index >= 15 is 0 Å². The van der Waals surface area contributed by atoms with Crippen LogP contribution in [0.2, 0.25) is 0 Å². The zero-order chi connectivity index (χ0) is 11.3. The molecule has 0 aliphatic carbocycles. The van der Waals surface area contributed by atoms with Crippen LogP contribution >= 0.6 is 0 Å². The van der Waals surface area contributed by atoms with Crippen molar-refractivity contribution < 1.29 is 14.7 Å². The van der Waals surface area contributed by atoms with Crippen LogP contribution in [0.1, 0.15) is 20.7 Å². The van der Waals surface area contributed by atoms with E-state index in [1.165, 1.54) is 6.07 Å². The van der Waals surface area contributed by atoms with Gasteiger partial charge in [0.05, 0.1) is 11.1 Å². The van der Waals surface area contributed by atoms with Crippen LogP contribution in [0.15, 0.2) is 30.3 Å². The molecule has 0 atom stereocenters. The molecule has 2 N–H and O–H groups in total. The van der Waals surface area contributed by atoms with Gasteiger partial charge in [0, 0.05) is 0 Å². The Bertz CT molecular complexity index is 651. The van der Waals surface area contributed by atoms with Gasteiger partial charge in [0.25, 0.3) is 11.8 Å². The zero-order valence-electron chi connectivity index (χ0n) is 8.15. The number of amides is 2. The molecule has 0 aromatic heterocycles. The molecule has 1 heterocycles. The maximum atomic E-state index is 11.6. The molecule has 3 rings (SSSR count).